The van der Waals surface area contributed by atoms with Crippen LogP contribution in [0.2, 0.25) is 0 Å². The molecule has 3 aromatic carbocycles. The van der Waals surface area contributed by atoms with Gasteiger partial charge in [0.2, 0.25) is 0 Å². The fourth-order valence-electron chi connectivity index (χ4n) is 3.05. The quantitative estimate of drug-likeness (QED) is 0.189. The molecule has 0 bridgehead atoms. The molecule has 1 aliphatic heterocycles. The van der Waals surface area contributed by atoms with Crippen molar-refractivity contribution in [3.63, 3.8) is 0 Å². The highest BCUT2D eigenvalue weighted by molar-refractivity contribution is 8.26. The Morgan fingerprint density at radius 2 is 1.68 bits per heavy atom. The second kappa shape index (κ2) is 9.47. The number of thiocarbonyl (C=S) groups is 1. The zero-order chi connectivity index (χ0) is 21.8. The Kier molecular flexibility index (Phi) is 6.50. The van der Waals surface area contributed by atoms with Crippen LogP contribution in [0.3, 0.4) is 0 Å². The van der Waals surface area contributed by atoms with Crippen LogP contribution in [0.4, 0.5) is 5.69 Å². The van der Waals surface area contributed by atoms with Crippen molar-refractivity contribution in [3.8, 4) is 0 Å². The van der Waals surface area contributed by atoms with E-state index in [9.17, 15) is 14.9 Å². The molecule has 4 rings (SSSR count). The van der Waals surface area contributed by atoms with E-state index in [1.165, 1.54) is 34.5 Å². The van der Waals surface area contributed by atoms with Crippen molar-refractivity contribution in [2.45, 2.75) is 16.3 Å². The molecule has 0 atom stereocenters. The molecule has 1 amide bonds. The third-order valence-electron chi connectivity index (χ3n) is 4.52. The number of hydrogen-bond donors (Lipinski definition) is 0. The summed E-state index contributed by atoms with van der Waals surface area (Å²) in [6, 6.07) is 24.3. The van der Waals surface area contributed by atoms with E-state index in [-0.39, 0.29) is 11.6 Å². The molecule has 1 fully saturated rings. The Bertz CT molecular complexity index is 1180. The zero-order valence-electron chi connectivity index (χ0n) is 16.1. The molecule has 3 aromatic rings. The number of carbonyl (C=O) groups is 1. The summed E-state index contributed by atoms with van der Waals surface area (Å²) < 4.78 is 0.442. The van der Waals surface area contributed by atoms with Crippen LogP contribution in [-0.2, 0) is 11.3 Å². The molecule has 8 heteroatoms. The van der Waals surface area contributed by atoms with Crippen molar-refractivity contribution >= 4 is 57.7 Å². The minimum Gasteiger partial charge on any atom is -0.288 e. The molecule has 154 valence electrons. The van der Waals surface area contributed by atoms with E-state index >= 15 is 0 Å². The highest BCUT2D eigenvalue weighted by Crippen LogP contribution is 2.37. The lowest BCUT2D eigenvalue weighted by atomic mass is 10.1. The lowest BCUT2D eigenvalue weighted by molar-refractivity contribution is -0.385. The Morgan fingerprint density at radius 3 is 2.35 bits per heavy atom. The highest BCUT2D eigenvalue weighted by atomic mass is 32.2. The summed E-state index contributed by atoms with van der Waals surface area (Å²) in [5.41, 5.74) is 1.30. The molecule has 0 spiro atoms. The largest absolute Gasteiger partial charge is 0.288 e. The Morgan fingerprint density at radius 1 is 1.00 bits per heavy atom. The fourth-order valence-corrected chi connectivity index (χ4v) is 5.18. The molecule has 0 aromatic heterocycles. The van der Waals surface area contributed by atoms with Crippen LogP contribution in [0.15, 0.2) is 93.6 Å². The van der Waals surface area contributed by atoms with Crippen LogP contribution in [0, 0.1) is 10.1 Å². The SMILES string of the molecule is O=C1/C(=C\c2cc(Sc3ccccc3)ccc2[N+](=O)[O-])SC(=S)N1Cc1ccccc1. The third kappa shape index (κ3) is 5.04. The monoisotopic (exact) mass is 464 g/mol. The van der Waals surface area contributed by atoms with Gasteiger partial charge in [-0.2, -0.15) is 0 Å². The number of rotatable bonds is 6. The van der Waals surface area contributed by atoms with Gasteiger partial charge in [0.25, 0.3) is 11.6 Å². The van der Waals surface area contributed by atoms with Crippen LogP contribution in [0.5, 0.6) is 0 Å². The maximum absolute atomic E-state index is 13.0. The second-order valence-electron chi connectivity index (χ2n) is 6.65. The van der Waals surface area contributed by atoms with Crippen LogP contribution in [0.1, 0.15) is 11.1 Å². The normalized spacial score (nSPS) is 15.0. The average Bonchev–Trinajstić information content (AvgIpc) is 3.02. The number of nitro benzene ring substituents is 1. The first-order chi connectivity index (χ1) is 15.0. The standard InChI is InChI=1S/C23H16N2O3S3/c26-22-21(31-23(29)24(22)15-16-7-3-1-4-8-16)14-17-13-19(11-12-20(17)25(27)28)30-18-9-5-2-6-10-18/h1-14H,15H2/b21-14+. The molecular formula is C23H16N2O3S3. The minimum absolute atomic E-state index is 0.0502. The summed E-state index contributed by atoms with van der Waals surface area (Å²) in [6.07, 6.45) is 1.57. The van der Waals surface area contributed by atoms with Gasteiger partial charge in [-0.1, -0.05) is 84.3 Å². The maximum atomic E-state index is 13.0. The van der Waals surface area contributed by atoms with E-state index in [4.69, 9.17) is 12.2 Å². The lowest BCUT2D eigenvalue weighted by Gasteiger charge is -2.14. The summed E-state index contributed by atoms with van der Waals surface area (Å²) in [6.45, 7) is 0.370. The number of thioether (sulfide) groups is 1. The zero-order valence-corrected chi connectivity index (χ0v) is 18.6. The number of hydrogen-bond acceptors (Lipinski definition) is 6. The Balaban J connectivity index is 1.63. The first-order valence-electron chi connectivity index (χ1n) is 9.32. The van der Waals surface area contributed by atoms with E-state index < -0.39 is 4.92 Å². The van der Waals surface area contributed by atoms with Crippen molar-refractivity contribution in [1.29, 1.82) is 0 Å². The predicted molar refractivity (Wildman–Crippen MR) is 129 cm³/mol. The predicted octanol–water partition coefficient (Wildman–Crippen LogP) is 6.15. The van der Waals surface area contributed by atoms with E-state index in [0.29, 0.717) is 21.3 Å². The van der Waals surface area contributed by atoms with Gasteiger partial charge in [-0.15, -0.1) is 0 Å². The molecule has 0 radical (unpaired) electrons. The van der Waals surface area contributed by atoms with E-state index in [2.05, 4.69) is 0 Å². The smallest absolute Gasteiger partial charge is 0.276 e. The second-order valence-corrected chi connectivity index (χ2v) is 9.47. The molecule has 0 unspecified atom stereocenters. The van der Waals surface area contributed by atoms with Crippen molar-refractivity contribution in [3.05, 3.63) is 105 Å². The van der Waals surface area contributed by atoms with Gasteiger partial charge in [-0.05, 0) is 35.9 Å². The van der Waals surface area contributed by atoms with Gasteiger partial charge < -0.3 is 0 Å². The molecular weight excluding hydrogens is 448 g/mol. The van der Waals surface area contributed by atoms with Gasteiger partial charge in [-0.3, -0.25) is 19.8 Å². The van der Waals surface area contributed by atoms with Gasteiger partial charge >= 0.3 is 0 Å². The summed E-state index contributed by atoms with van der Waals surface area (Å²) in [5, 5.41) is 11.6. The summed E-state index contributed by atoms with van der Waals surface area (Å²) in [4.78, 5) is 27.9. The van der Waals surface area contributed by atoms with Gasteiger partial charge in [0, 0.05) is 15.9 Å². The van der Waals surface area contributed by atoms with Gasteiger partial charge in [-0.25, -0.2) is 0 Å². The van der Waals surface area contributed by atoms with Crippen molar-refractivity contribution in [2.75, 3.05) is 0 Å². The number of amides is 1. The first kappa shape index (κ1) is 21.3. The van der Waals surface area contributed by atoms with Crippen LogP contribution < -0.4 is 0 Å². The molecule has 1 heterocycles. The molecule has 31 heavy (non-hydrogen) atoms. The van der Waals surface area contributed by atoms with E-state index in [1.54, 1.807) is 18.2 Å². The van der Waals surface area contributed by atoms with Crippen molar-refractivity contribution in [2.24, 2.45) is 0 Å². The van der Waals surface area contributed by atoms with Gasteiger partial charge in [0.05, 0.1) is 21.9 Å². The maximum Gasteiger partial charge on any atom is 0.276 e. The molecule has 5 nitrogen and oxygen atoms in total. The first-order valence-corrected chi connectivity index (χ1v) is 11.4. The van der Waals surface area contributed by atoms with Gasteiger partial charge in [0.15, 0.2) is 0 Å². The van der Waals surface area contributed by atoms with Crippen LogP contribution >= 0.6 is 35.7 Å². The Hall–Kier alpha value is -2.94. The van der Waals surface area contributed by atoms with Crippen molar-refractivity contribution < 1.29 is 9.72 Å². The molecule has 0 saturated carbocycles. The van der Waals surface area contributed by atoms with Crippen LogP contribution in [0.25, 0.3) is 6.08 Å². The molecule has 1 aliphatic rings. The van der Waals surface area contributed by atoms with E-state index in [0.717, 1.165) is 15.4 Å². The summed E-state index contributed by atoms with van der Waals surface area (Å²) in [5.74, 6) is -0.241. The third-order valence-corrected chi connectivity index (χ3v) is 6.89. The summed E-state index contributed by atoms with van der Waals surface area (Å²) in [7, 11) is 0. The summed E-state index contributed by atoms with van der Waals surface area (Å²) >= 11 is 8.07. The number of nitrogens with zero attached hydrogens (tertiary/aromatic N) is 2. The molecule has 1 saturated heterocycles. The lowest BCUT2D eigenvalue weighted by Crippen LogP contribution is -2.27. The molecule has 0 aliphatic carbocycles. The van der Waals surface area contributed by atoms with E-state index in [1.807, 2.05) is 60.7 Å². The number of carbonyl (C=O) groups excluding carboxylic acids is 1. The highest BCUT2D eigenvalue weighted by Gasteiger charge is 2.32. The minimum atomic E-state index is -0.437. The average molecular weight is 465 g/mol. The van der Waals surface area contributed by atoms with Gasteiger partial charge in [0.1, 0.15) is 4.32 Å². The Labute approximate surface area is 193 Å². The van der Waals surface area contributed by atoms with Crippen LogP contribution in [-0.4, -0.2) is 20.1 Å². The topological polar surface area (TPSA) is 63.4 Å². The number of benzene rings is 3. The number of nitro groups is 1. The van der Waals surface area contributed by atoms with Crippen molar-refractivity contribution in [1.82, 2.24) is 4.90 Å². The molecule has 0 N–H and O–H groups in total. The fraction of sp³-hybridized carbons (Fsp3) is 0.0435.